The van der Waals surface area contributed by atoms with Gasteiger partial charge in [0.15, 0.2) is 0 Å². The van der Waals surface area contributed by atoms with Crippen LogP contribution in [0.4, 0.5) is 0 Å². The van der Waals surface area contributed by atoms with Gasteiger partial charge in [0.25, 0.3) is 0 Å². The number of aliphatic hydroxyl groups excluding tert-OH is 1. The summed E-state index contributed by atoms with van der Waals surface area (Å²) < 4.78 is 0. The Hall–Kier alpha value is 0.350. The number of carboxylic acids is 1. The van der Waals surface area contributed by atoms with Gasteiger partial charge in [-0.05, 0) is 0 Å². The average Bonchev–Trinajstić information content (AvgIpc) is 2.02. The van der Waals surface area contributed by atoms with Gasteiger partial charge in [-0.25, -0.2) is 0 Å². The molecule has 74 valence electrons. The second-order valence-corrected chi connectivity index (χ2v) is 2.37. The van der Waals surface area contributed by atoms with Crippen LogP contribution in [0.1, 0.15) is 6.42 Å². The first-order chi connectivity index (χ1) is 5.77. The molecule has 0 spiro atoms. The molecule has 0 radical (unpaired) electrons. The van der Waals surface area contributed by atoms with Gasteiger partial charge in [0.05, 0.1) is 13.0 Å². The first kappa shape index (κ1) is 15.8. The summed E-state index contributed by atoms with van der Waals surface area (Å²) in [6.45, 7) is 2.69. The van der Waals surface area contributed by atoms with Gasteiger partial charge in [-0.15, -0.1) is 0 Å². The van der Waals surface area contributed by atoms with E-state index in [1.807, 2.05) is 0 Å². The zero-order valence-corrected chi connectivity index (χ0v) is 7.05. The molecule has 0 rings (SSSR count). The Bertz CT molecular complexity index is 124. The molecule has 4 N–H and O–H groups in total. The van der Waals surface area contributed by atoms with E-state index in [1.165, 1.54) is 0 Å². The Morgan fingerprint density at radius 3 is 2.08 bits per heavy atom. The van der Waals surface area contributed by atoms with E-state index in [4.69, 9.17) is 10.2 Å². The molecule has 0 aliphatic heterocycles. The molecule has 0 aromatic heterocycles. The summed E-state index contributed by atoms with van der Waals surface area (Å²) in [4.78, 5) is 10.0. The first-order valence-electron chi connectivity index (χ1n) is 4.01. The molecule has 6 heteroatoms. The Balaban J connectivity index is 0. The molecular formula is C7H17N2NaO3. The van der Waals surface area contributed by atoms with Gasteiger partial charge >= 0.3 is 35.5 Å². The van der Waals surface area contributed by atoms with Crippen LogP contribution in [0.25, 0.3) is 0 Å². The molecule has 0 heterocycles. The minimum atomic E-state index is -0.786. The Morgan fingerprint density at radius 1 is 1.08 bits per heavy atom. The van der Waals surface area contributed by atoms with Crippen LogP contribution in [-0.4, -0.2) is 78.5 Å². The van der Waals surface area contributed by atoms with E-state index < -0.39 is 5.97 Å². The fourth-order valence-electron chi connectivity index (χ4n) is 0.701. The predicted octanol–water partition coefficient (Wildman–Crippen LogP) is -2.02. The summed E-state index contributed by atoms with van der Waals surface area (Å²) in [7, 11) is 0. The van der Waals surface area contributed by atoms with Gasteiger partial charge in [0, 0.05) is 26.2 Å². The predicted molar refractivity (Wildman–Crippen MR) is 52.2 cm³/mol. The summed E-state index contributed by atoms with van der Waals surface area (Å²) >= 11 is 0. The molecule has 0 aromatic carbocycles. The fourth-order valence-corrected chi connectivity index (χ4v) is 0.701. The van der Waals surface area contributed by atoms with Gasteiger partial charge in [-0.2, -0.15) is 0 Å². The van der Waals surface area contributed by atoms with E-state index in [0.717, 1.165) is 13.1 Å². The summed E-state index contributed by atoms with van der Waals surface area (Å²) in [5, 5.41) is 22.6. The number of carbonyl (C=O) groups is 1. The van der Waals surface area contributed by atoms with Crippen LogP contribution in [0.5, 0.6) is 0 Å². The van der Waals surface area contributed by atoms with Crippen LogP contribution in [0.3, 0.4) is 0 Å². The van der Waals surface area contributed by atoms with Crippen LogP contribution in [0.2, 0.25) is 0 Å². The third kappa shape index (κ3) is 15.1. The van der Waals surface area contributed by atoms with Crippen molar-refractivity contribution in [3.63, 3.8) is 0 Å². The Labute approximate surface area is 100 Å². The second-order valence-electron chi connectivity index (χ2n) is 2.37. The molecule has 13 heavy (non-hydrogen) atoms. The number of nitrogens with one attached hydrogen (secondary N) is 2. The molecule has 5 nitrogen and oxygen atoms in total. The molecule has 0 aliphatic carbocycles. The van der Waals surface area contributed by atoms with Crippen molar-refractivity contribution in [1.29, 1.82) is 0 Å². The van der Waals surface area contributed by atoms with E-state index in [2.05, 4.69) is 10.6 Å². The average molecular weight is 200 g/mol. The standard InChI is InChI=1S/C7H16N2O3.Na.H/c10-6-5-9-4-3-8-2-1-7(11)12;;/h8-10H,1-6H2,(H,11,12);;. The van der Waals surface area contributed by atoms with E-state index in [0.29, 0.717) is 13.1 Å². The topological polar surface area (TPSA) is 81.6 Å². The number of aliphatic carboxylic acids is 1. The normalized spacial score (nSPS) is 9.31. The SMILES string of the molecule is O=C(O)CCNCCNCCO.[NaH]. The van der Waals surface area contributed by atoms with Crippen molar-refractivity contribution < 1.29 is 15.0 Å². The van der Waals surface area contributed by atoms with Gasteiger partial charge < -0.3 is 20.8 Å². The second kappa shape index (κ2) is 12.3. The molecule has 0 amide bonds. The van der Waals surface area contributed by atoms with Crippen molar-refractivity contribution in [3.05, 3.63) is 0 Å². The third-order valence-corrected chi connectivity index (χ3v) is 1.28. The summed E-state index contributed by atoms with van der Waals surface area (Å²) in [6.07, 6.45) is 0.153. The maximum absolute atomic E-state index is 10.0. The number of carboxylic acid groups (broad SMARTS) is 1. The molecule has 0 atom stereocenters. The number of aliphatic hydroxyl groups is 1. The number of hydrogen-bond acceptors (Lipinski definition) is 4. The number of rotatable bonds is 8. The van der Waals surface area contributed by atoms with Crippen molar-refractivity contribution in [2.75, 3.05) is 32.8 Å². The maximum atomic E-state index is 10.0. The van der Waals surface area contributed by atoms with Gasteiger partial charge in [0.1, 0.15) is 0 Å². The molecule has 0 fully saturated rings. The Kier molecular flexibility index (Phi) is 15.0. The van der Waals surface area contributed by atoms with E-state index in [1.54, 1.807) is 0 Å². The van der Waals surface area contributed by atoms with Crippen molar-refractivity contribution in [1.82, 2.24) is 10.6 Å². The number of hydrogen-bond donors (Lipinski definition) is 4. The fraction of sp³-hybridized carbons (Fsp3) is 0.857. The minimum absolute atomic E-state index is 0. The van der Waals surface area contributed by atoms with E-state index >= 15 is 0 Å². The van der Waals surface area contributed by atoms with Crippen LogP contribution in [0.15, 0.2) is 0 Å². The summed E-state index contributed by atoms with van der Waals surface area (Å²) in [5.41, 5.74) is 0. The quantitative estimate of drug-likeness (QED) is 0.269. The first-order valence-corrected chi connectivity index (χ1v) is 4.01. The third-order valence-electron chi connectivity index (χ3n) is 1.28. The summed E-state index contributed by atoms with van der Waals surface area (Å²) in [6, 6.07) is 0. The molecule has 0 aromatic rings. The van der Waals surface area contributed by atoms with Crippen molar-refractivity contribution >= 4 is 35.5 Å². The monoisotopic (exact) mass is 200 g/mol. The molecule has 0 saturated carbocycles. The van der Waals surface area contributed by atoms with Gasteiger partial charge in [0.2, 0.25) is 0 Å². The summed E-state index contributed by atoms with van der Waals surface area (Å²) in [5.74, 6) is -0.786. The van der Waals surface area contributed by atoms with Crippen LogP contribution in [-0.2, 0) is 4.79 Å². The van der Waals surface area contributed by atoms with Gasteiger partial charge in [-0.3, -0.25) is 4.79 Å². The zero-order valence-electron chi connectivity index (χ0n) is 7.05. The molecular weight excluding hydrogens is 183 g/mol. The van der Waals surface area contributed by atoms with E-state index in [-0.39, 0.29) is 42.6 Å². The molecule has 0 unspecified atom stereocenters. The molecule has 0 aliphatic rings. The van der Waals surface area contributed by atoms with Crippen molar-refractivity contribution in [2.45, 2.75) is 6.42 Å². The van der Waals surface area contributed by atoms with Crippen LogP contribution >= 0.6 is 0 Å². The van der Waals surface area contributed by atoms with Crippen LogP contribution in [0, 0.1) is 0 Å². The van der Waals surface area contributed by atoms with Gasteiger partial charge in [-0.1, -0.05) is 0 Å². The molecule has 0 bridgehead atoms. The van der Waals surface area contributed by atoms with Crippen molar-refractivity contribution in [3.8, 4) is 0 Å². The van der Waals surface area contributed by atoms with Crippen LogP contribution < -0.4 is 10.6 Å². The zero-order chi connectivity index (χ0) is 9.23. The Morgan fingerprint density at radius 2 is 1.62 bits per heavy atom. The van der Waals surface area contributed by atoms with Crippen molar-refractivity contribution in [2.24, 2.45) is 0 Å². The molecule has 0 saturated heterocycles. The van der Waals surface area contributed by atoms with E-state index in [9.17, 15) is 4.79 Å².